The maximum atomic E-state index is 13.2. The zero-order chi connectivity index (χ0) is 35.8. The van der Waals surface area contributed by atoms with Crippen molar-refractivity contribution in [2.45, 2.75) is 77.1 Å². The van der Waals surface area contributed by atoms with Gasteiger partial charge in [-0.15, -0.1) is 0 Å². The molecule has 2 aromatic rings. The number of nitrogens with two attached hydrogens (primary N) is 1. The molecule has 0 amide bonds. The van der Waals surface area contributed by atoms with Crippen LogP contribution in [-0.4, -0.2) is 58.2 Å². The summed E-state index contributed by atoms with van der Waals surface area (Å²) in [6, 6.07) is 8.86. The van der Waals surface area contributed by atoms with Crippen molar-refractivity contribution in [1.29, 1.82) is 0 Å². The minimum atomic E-state index is -3.53. The highest BCUT2D eigenvalue weighted by Crippen LogP contribution is 2.38. The van der Waals surface area contributed by atoms with E-state index in [4.69, 9.17) is 5.73 Å². The number of nitro groups is 1. The molecule has 2 aromatic carbocycles. The Morgan fingerprint density at radius 3 is 1.54 bits per heavy atom. The van der Waals surface area contributed by atoms with Crippen molar-refractivity contribution in [1.82, 2.24) is 0 Å². The second kappa shape index (κ2) is 16.2. The number of nitrogen functional groups attached to an aromatic ring is 1. The summed E-state index contributed by atoms with van der Waals surface area (Å²) in [5, 5.41) is 17.3. The van der Waals surface area contributed by atoms with Crippen LogP contribution in [0.5, 0.6) is 0 Å². The average Bonchev–Trinajstić information content (AvgIpc) is 3.01. The number of anilines is 5. The van der Waals surface area contributed by atoms with Gasteiger partial charge in [-0.3, -0.25) is 19.6 Å². The van der Waals surface area contributed by atoms with Gasteiger partial charge in [-0.2, -0.15) is 0 Å². The van der Waals surface area contributed by atoms with Gasteiger partial charge in [-0.05, 0) is 81.7 Å². The Kier molecular flexibility index (Phi) is 13.2. The van der Waals surface area contributed by atoms with E-state index in [9.17, 15) is 44.5 Å². The molecule has 0 atom stereocenters. The number of nitrogens with zero attached hydrogens (tertiary/aromatic N) is 1. The fourth-order valence-electron chi connectivity index (χ4n) is 5.30. The molecule has 0 radical (unpaired) electrons. The third kappa shape index (κ3) is 12.5. The van der Waals surface area contributed by atoms with Crippen LogP contribution < -0.4 is 25.8 Å². The molecule has 0 unspecified atom stereocenters. The van der Waals surface area contributed by atoms with Gasteiger partial charge in [0.2, 0.25) is 31.9 Å². The van der Waals surface area contributed by atoms with E-state index in [-0.39, 0.29) is 66.1 Å². The van der Waals surface area contributed by atoms with Crippen molar-refractivity contribution in [2.24, 2.45) is 11.8 Å². The molecule has 0 aliphatic heterocycles. The van der Waals surface area contributed by atoms with Gasteiger partial charge in [0.15, 0.2) is 0 Å². The van der Waals surface area contributed by atoms with Gasteiger partial charge in [0, 0.05) is 44.8 Å². The quantitative estimate of drug-likeness (QED) is 0.0637. The highest BCUT2D eigenvalue weighted by Gasteiger charge is 2.35. The first-order valence-electron chi connectivity index (χ1n) is 15.7. The molecule has 48 heavy (non-hydrogen) atoms. The summed E-state index contributed by atoms with van der Waals surface area (Å²) >= 11 is 0. The van der Waals surface area contributed by atoms with Gasteiger partial charge in [0.1, 0.15) is 5.69 Å². The van der Waals surface area contributed by atoms with E-state index in [1.807, 2.05) is 0 Å². The van der Waals surface area contributed by atoms with E-state index in [1.165, 1.54) is 19.1 Å². The second-order valence-corrected chi connectivity index (χ2v) is 16.2. The third-order valence-corrected chi connectivity index (χ3v) is 11.0. The molecule has 0 saturated heterocycles. The van der Waals surface area contributed by atoms with Gasteiger partial charge >= 0.3 is 0 Å². The largest absolute Gasteiger partial charge is 0.397 e. The molecule has 0 spiro atoms. The molecule has 2 fully saturated rings. The summed E-state index contributed by atoms with van der Waals surface area (Å²) in [4.78, 5) is 10.6. The molecule has 18 heteroatoms. The Morgan fingerprint density at radius 2 is 1.15 bits per heavy atom. The lowest BCUT2D eigenvalue weighted by Gasteiger charge is -2.28. The molecule has 270 valence electrons. The number of hydrogen-bond donors (Lipinski definition) is 5. The summed E-state index contributed by atoms with van der Waals surface area (Å²) in [5.74, 6) is -5.06. The Bertz CT molecular complexity index is 1610. The summed E-state index contributed by atoms with van der Waals surface area (Å²) < 4.78 is 103. The maximum absolute atomic E-state index is 13.2. The van der Waals surface area contributed by atoms with E-state index in [1.54, 1.807) is 25.1 Å². The van der Waals surface area contributed by atoms with Gasteiger partial charge < -0.3 is 16.4 Å². The minimum absolute atomic E-state index is 0.0147. The first kappa shape index (κ1) is 38.9. The SMILES string of the molecule is CCS(=O)(=O)Nc1ccc(NCC2CCC(F)(F)CC2)c(N)c1.CCS(=O)(=O)Nc1ccc(NCC2CCC(F)(F)CC2)c([N+](=O)[O-])c1. The smallest absolute Gasteiger partial charge is 0.294 e. The monoisotopic (exact) mass is 724 g/mol. The topological polar surface area (TPSA) is 186 Å². The Morgan fingerprint density at radius 1 is 0.750 bits per heavy atom. The van der Waals surface area contributed by atoms with Crippen LogP contribution in [-0.2, 0) is 20.0 Å². The highest BCUT2D eigenvalue weighted by molar-refractivity contribution is 7.92. The third-order valence-electron chi connectivity index (χ3n) is 8.39. The van der Waals surface area contributed by atoms with E-state index >= 15 is 0 Å². The van der Waals surface area contributed by atoms with Crippen LogP contribution in [0, 0.1) is 22.0 Å². The zero-order valence-corrected chi connectivity index (χ0v) is 28.5. The number of benzene rings is 2. The Labute approximate surface area is 278 Å². The molecule has 0 aromatic heterocycles. The van der Waals surface area contributed by atoms with E-state index in [0.717, 1.165) is 6.07 Å². The summed E-state index contributed by atoms with van der Waals surface area (Å²) in [6.07, 6.45) is 1.25. The molecule has 2 aliphatic carbocycles. The van der Waals surface area contributed by atoms with Crippen molar-refractivity contribution >= 4 is 54.2 Å². The molecule has 0 bridgehead atoms. The fraction of sp³-hybridized carbons (Fsp3) is 0.600. The highest BCUT2D eigenvalue weighted by atomic mass is 32.2. The van der Waals surface area contributed by atoms with Crippen molar-refractivity contribution < 1.29 is 39.3 Å². The number of nitro benzene ring substituents is 1. The minimum Gasteiger partial charge on any atom is -0.397 e. The van der Waals surface area contributed by atoms with Gasteiger partial charge in [-0.1, -0.05) is 0 Å². The van der Waals surface area contributed by atoms with E-state index in [0.29, 0.717) is 55.8 Å². The fourth-order valence-corrected chi connectivity index (χ4v) is 6.56. The van der Waals surface area contributed by atoms with Crippen LogP contribution in [0.1, 0.15) is 65.2 Å². The van der Waals surface area contributed by atoms with Crippen molar-refractivity contribution in [2.75, 3.05) is 50.4 Å². The lowest BCUT2D eigenvalue weighted by molar-refractivity contribution is -0.383. The average molecular weight is 725 g/mol. The molecule has 0 heterocycles. The van der Waals surface area contributed by atoms with Gasteiger partial charge in [0.25, 0.3) is 5.69 Å². The van der Waals surface area contributed by atoms with Crippen LogP contribution in [0.25, 0.3) is 0 Å². The second-order valence-electron chi connectivity index (χ2n) is 12.2. The van der Waals surface area contributed by atoms with Crippen molar-refractivity contribution in [3.05, 3.63) is 46.5 Å². The molecular weight excluding hydrogens is 680 g/mol. The normalized spacial score (nSPS) is 18.2. The molecule has 2 aliphatic rings. The van der Waals surface area contributed by atoms with Gasteiger partial charge in [0.05, 0.1) is 39.2 Å². The molecule has 4 rings (SSSR count). The molecular formula is C30H44F4N6O6S2. The number of halogens is 4. The van der Waals surface area contributed by atoms with E-state index in [2.05, 4.69) is 20.1 Å². The zero-order valence-electron chi connectivity index (χ0n) is 26.9. The van der Waals surface area contributed by atoms with Crippen LogP contribution >= 0.6 is 0 Å². The standard InChI is InChI=1S/C15H21F2N3O4S.C15H23F2N3O2S/c1-2-25(23,24)19-12-3-4-13(14(9-12)20(21)22)18-10-11-5-7-15(16,17)8-6-11;1-2-23(21,22)20-12-3-4-14(13(18)9-12)19-10-11-5-7-15(16,17)8-6-11/h3-4,9,11,18-19H,2,5-8,10H2,1H3;3-4,9,11,19-20H,2,5-8,10,18H2,1H3. The number of sulfonamides is 2. The predicted molar refractivity (Wildman–Crippen MR) is 181 cm³/mol. The number of nitrogens with one attached hydrogen (secondary N) is 4. The van der Waals surface area contributed by atoms with Crippen molar-refractivity contribution in [3.63, 3.8) is 0 Å². The maximum Gasteiger partial charge on any atom is 0.294 e. The van der Waals surface area contributed by atoms with Gasteiger partial charge in [-0.25, -0.2) is 34.4 Å². The lowest BCUT2D eigenvalue weighted by Crippen LogP contribution is -2.28. The van der Waals surface area contributed by atoms with E-state index < -0.39 is 36.8 Å². The van der Waals surface area contributed by atoms with Crippen LogP contribution in [0.4, 0.5) is 51.7 Å². The Hall–Kier alpha value is -3.54. The predicted octanol–water partition coefficient (Wildman–Crippen LogP) is 6.86. The van der Waals surface area contributed by atoms with Crippen LogP contribution in [0.3, 0.4) is 0 Å². The van der Waals surface area contributed by atoms with Crippen LogP contribution in [0.15, 0.2) is 36.4 Å². The number of hydrogen-bond acceptors (Lipinski definition) is 9. The first-order chi connectivity index (χ1) is 22.3. The van der Waals surface area contributed by atoms with Crippen molar-refractivity contribution in [3.8, 4) is 0 Å². The lowest BCUT2D eigenvalue weighted by atomic mass is 9.87. The first-order valence-corrected chi connectivity index (χ1v) is 19.1. The molecule has 2 saturated carbocycles. The summed E-state index contributed by atoms with van der Waals surface area (Å²) in [5.41, 5.74) is 7.51. The number of alkyl halides is 4. The van der Waals surface area contributed by atoms with Crippen LogP contribution in [0.2, 0.25) is 0 Å². The summed E-state index contributed by atoms with van der Waals surface area (Å²) in [6.45, 7) is 3.95. The Balaban J connectivity index is 0.000000261. The summed E-state index contributed by atoms with van der Waals surface area (Å²) in [7, 11) is -6.87. The molecule has 6 N–H and O–H groups in total. The number of rotatable bonds is 13. The molecule has 12 nitrogen and oxygen atoms in total.